The van der Waals surface area contributed by atoms with Crippen LogP contribution in [0.4, 0.5) is 10.2 Å². The fourth-order valence-electron chi connectivity index (χ4n) is 0.831. The van der Waals surface area contributed by atoms with Crippen molar-refractivity contribution < 1.29 is 4.39 Å². The summed E-state index contributed by atoms with van der Waals surface area (Å²) in [6.07, 6.45) is 2.01. The van der Waals surface area contributed by atoms with Crippen LogP contribution in [-0.4, -0.2) is 11.0 Å². The third-order valence-corrected chi connectivity index (χ3v) is 1.53. The number of pyridine rings is 1. The molecule has 1 aromatic rings. The fraction of sp³-hybridized carbons (Fsp3) is 0.300. The zero-order chi connectivity index (χ0) is 10.6. The standard InChI is InChI=1S/C10H12FN3/c1-7(12)3-2-4-8-5-9(11)10(13)14-6-8/h5-7H,3,12H2,1H3,(H2,13,14)/t7-/m0/s1. The third-order valence-electron chi connectivity index (χ3n) is 1.53. The van der Waals surface area contributed by atoms with Crippen LogP contribution in [0.25, 0.3) is 0 Å². The van der Waals surface area contributed by atoms with Gasteiger partial charge in [0.15, 0.2) is 11.6 Å². The van der Waals surface area contributed by atoms with E-state index in [9.17, 15) is 4.39 Å². The van der Waals surface area contributed by atoms with Crippen LogP contribution >= 0.6 is 0 Å². The van der Waals surface area contributed by atoms with Crippen LogP contribution in [0.3, 0.4) is 0 Å². The number of hydrogen-bond acceptors (Lipinski definition) is 3. The Kier molecular flexibility index (Phi) is 3.43. The van der Waals surface area contributed by atoms with E-state index in [0.29, 0.717) is 12.0 Å². The first-order valence-electron chi connectivity index (χ1n) is 4.25. The Morgan fingerprint density at radius 2 is 2.36 bits per heavy atom. The molecule has 0 aliphatic rings. The molecule has 0 bridgehead atoms. The average molecular weight is 193 g/mol. The maximum Gasteiger partial charge on any atom is 0.166 e. The Balaban J connectivity index is 2.76. The van der Waals surface area contributed by atoms with Gasteiger partial charge in [0.1, 0.15) is 0 Å². The molecule has 74 valence electrons. The van der Waals surface area contributed by atoms with E-state index in [2.05, 4.69) is 16.8 Å². The number of nitrogens with zero attached hydrogens (tertiary/aromatic N) is 1. The van der Waals surface area contributed by atoms with Crippen molar-refractivity contribution in [2.24, 2.45) is 5.73 Å². The largest absolute Gasteiger partial charge is 0.381 e. The van der Waals surface area contributed by atoms with Gasteiger partial charge >= 0.3 is 0 Å². The summed E-state index contributed by atoms with van der Waals surface area (Å²) < 4.78 is 12.9. The Morgan fingerprint density at radius 3 is 2.93 bits per heavy atom. The van der Waals surface area contributed by atoms with Crippen molar-refractivity contribution in [1.82, 2.24) is 4.98 Å². The molecular weight excluding hydrogens is 181 g/mol. The molecular formula is C10H12FN3. The molecule has 3 nitrogen and oxygen atoms in total. The van der Waals surface area contributed by atoms with Gasteiger partial charge in [-0.2, -0.15) is 0 Å². The van der Waals surface area contributed by atoms with E-state index >= 15 is 0 Å². The number of rotatable bonds is 1. The van der Waals surface area contributed by atoms with Gasteiger partial charge in [-0.1, -0.05) is 11.8 Å². The smallest absolute Gasteiger partial charge is 0.166 e. The second kappa shape index (κ2) is 4.58. The summed E-state index contributed by atoms with van der Waals surface area (Å²) in [7, 11) is 0. The van der Waals surface area contributed by atoms with E-state index in [0.717, 1.165) is 0 Å². The minimum Gasteiger partial charge on any atom is -0.381 e. The van der Waals surface area contributed by atoms with Crippen LogP contribution in [0.15, 0.2) is 12.3 Å². The van der Waals surface area contributed by atoms with Gasteiger partial charge in [-0.15, -0.1) is 0 Å². The van der Waals surface area contributed by atoms with Crippen molar-refractivity contribution in [3.63, 3.8) is 0 Å². The van der Waals surface area contributed by atoms with Gasteiger partial charge in [0, 0.05) is 24.2 Å². The highest BCUT2D eigenvalue weighted by Gasteiger charge is 1.98. The summed E-state index contributed by atoms with van der Waals surface area (Å²) in [4.78, 5) is 3.65. The Morgan fingerprint density at radius 1 is 1.64 bits per heavy atom. The zero-order valence-electron chi connectivity index (χ0n) is 7.92. The molecule has 0 aliphatic heterocycles. The molecule has 14 heavy (non-hydrogen) atoms. The minimum absolute atomic E-state index is 0.0223. The maximum atomic E-state index is 12.9. The van der Waals surface area contributed by atoms with Crippen molar-refractivity contribution in [3.05, 3.63) is 23.6 Å². The van der Waals surface area contributed by atoms with Crippen LogP contribution in [-0.2, 0) is 0 Å². The Labute approximate surface area is 82.3 Å². The zero-order valence-corrected chi connectivity index (χ0v) is 7.92. The van der Waals surface area contributed by atoms with Gasteiger partial charge in [-0.3, -0.25) is 0 Å². The lowest BCUT2D eigenvalue weighted by atomic mass is 10.2. The van der Waals surface area contributed by atoms with E-state index in [1.165, 1.54) is 12.3 Å². The second-order valence-electron chi connectivity index (χ2n) is 3.07. The Hall–Kier alpha value is -1.60. The molecule has 0 aliphatic carbocycles. The molecule has 4 N–H and O–H groups in total. The summed E-state index contributed by atoms with van der Waals surface area (Å²) in [5.74, 6) is 4.93. The van der Waals surface area contributed by atoms with Crippen LogP contribution in [0.5, 0.6) is 0 Å². The topological polar surface area (TPSA) is 64.9 Å². The van der Waals surface area contributed by atoms with Gasteiger partial charge < -0.3 is 11.5 Å². The van der Waals surface area contributed by atoms with Gasteiger partial charge in [-0.25, -0.2) is 9.37 Å². The highest BCUT2D eigenvalue weighted by molar-refractivity contribution is 5.39. The minimum atomic E-state index is -0.544. The van der Waals surface area contributed by atoms with Crippen LogP contribution < -0.4 is 11.5 Å². The number of hydrogen-bond donors (Lipinski definition) is 2. The first-order chi connectivity index (χ1) is 6.59. The Bertz CT molecular complexity index is 377. The summed E-state index contributed by atoms with van der Waals surface area (Å²) >= 11 is 0. The van der Waals surface area contributed by atoms with Crippen LogP contribution in [0.1, 0.15) is 18.9 Å². The summed E-state index contributed by atoms with van der Waals surface area (Å²) in [5, 5.41) is 0. The first kappa shape index (κ1) is 10.5. The number of nitrogen functional groups attached to an aromatic ring is 1. The van der Waals surface area contributed by atoms with Crippen molar-refractivity contribution in [1.29, 1.82) is 0 Å². The summed E-state index contributed by atoms with van der Waals surface area (Å²) in [5.41, 5.74) is 11.2. The average Bonchev–Trinajstić information content (AvgIpc) is 2.10. The second-order valence-corrected chi connectivity index (χ2v) is 3.07. The highest BCUT2D eigenvalue weighted by atomic mass is 19.1. The van der Waals surface area contributed by atoms with Crippen molar-refractivity contribution in [2.45, 2.75) is 19.4 Å². The van der Waals surface area contributed by atoms with Gasteiger partial charge in [0.2, 0.25) is 0 Å². The summed E-state index contributed by atoms with van der Waals surface area (Å²) in [6.45, 7) is 1.86. The lowest BCUT2D eigenvalue weighted by molar-refractivity contribution is 0.626. The normalized spacial score (nSPS) is 11.6. The lowest BCUT2D eigenvalue weighted by Crippen LogP contribution is -2.12. The summed E-state index contributed by atoms with van der Waals surface area (Å²) in [6, 6.07) is 1.28. The molecule has 1 atom stereocenters. The molecule has 0 spiro atoms. The third kappa shape index (κ3) is 3.04. The van der Waals surface area contributed by atoms with Gasteiger partial charge in [-0.05, 0) is 13.0 Å². The SMILES string of the molecule is C[C@H](N)CC#Cc1cnc(N)c(F)c1. The van der Waals surface area contributed by atoms with E-state index in [1.54, 1.807) is 0 Å². The van der Waals surface area contributed by atoms with E-state index in [-0.39, 0.29) is 11.9 Å². The predicted molar refractivity (Wildman–Crippen MR) is 53.8 cm³/mol. The van der Waals surface area contributed by atoms with Crippen molar-refractivity contribution in [3.8, 4) is 11.8 Å². The maximum absolute atomic E-state index is 12.9. The molecule has 0 aromatic carbocycles. The fourth-order valence-corrected chi connectivity index (χ4v) is 0.831. The van der Waals surface area contributed by atoms with E-state index < -0.39 is 5.82 Å². The van der Waals surface area contributed by atoms with Gasteiger partial charge in [0.05, 0.1) is 0 Å². The van der Waals surface area contributed by atoms with E-state index in [1.807, 2.05) is 6.92 Å². The number of halogens is 1. The molecule has 0 saturated heterocycles. The molecule has 1 heterocycles. The molecule has 0 radical (unpaired) electrons. The number of anilines is 1. The highest BCUT2D eigenvalue weighted by Crippen LogP contribution is 2.06. The molecule has 4 heteroatoms. The monoisotopic (exact) mass is 193 g/mol. The first-order valence-corrected chi connectivity index (χ1v) is 4.25. The molecule has 1 aromatic heterocycles. The quantitative estimate of drug-likeness (QED) is 0.651. The van der Waals surface area contributed by atoms with Crippen LogP contribution in [0, 0.1) is 17.7 Å². The molecule has 1 rings (SSSR count). The van der Waals surface area contributed by atoms with Crippen molar-refractivity contribution in [2.75, 3.05) is 5.73 Å². The number of aromatic nitrogens is 1. The number of nitrogens with two attached hydrogens (primary N) is 2. The molecule has 0 amide bonds. The predicted octanol–water partition coefficient (Wildman–Crippen LogP) is 0.892. The van der Waals surface area contributed by atoms with Crippen molar-refractivity contribution >= 4 is 5.82 Å². The van der Waals surface area contributed by atoms with E-state index in [4.69, 9.17) is 11.5 Å². The van der Waals surface area contributed by atoms with Gasteiger partial charge in [0.25, 0.3) is 0 Å². The van der Waals surface area contributed by atoms with Crippen LogP contribution in [0.2, 0.25) is 0 Å². The molecule has 0 unspecified atom stereocenters. The molecule has 0 saturated carbocycles. The molecule has 0 fully saturated rings. The lowest BCUT2D eigenvalue weighted by Gasteiger charge is -1.96.